The number of likely N-dealkylation sites (tertiary alicyclic amines) is 1. The predicted molar refractivity (Wildman–Crippen MR) is 105 cm³/mol. The molecule has 0 bridgehead atoms. The molecule has 3 aliphatic rings. The van der Waals surface area contributed by atoms with Crippen LogP contribution in [0.15, 0.2) is 30.6 Å². The van der Waals surface area contributed by atoms with Gasteiger partial charge in [0.15, 0.2) is 5.60 Å². The molecular weight excluding hydrogens is 406 g/mol. The van der Waals surface area contributed by atoms with Gasteiger partial charge in [-0.2, -0.15) is 0 Å². The minimum absolute atomic E-state index is 0.160. The van der Waals surface area contributed by atoms with Gasteiger partial charge in [-0.1, -0.05) is 0 Å². The second-order valence-corrected chi connectivity index (χ2v) is 8.41. The van der Waals surface area contributed by atoms with Gasteiger partial charge in [0.2, 0.25) is 0 Å². The van der Waals surface area contributed by atoms with Crippen molar-refractivity contribution in [3.63, 3.8) is 0 Å². The SMILES string of the molecule is Cc1cnc(C(=O)N2CCC3(CC2)OC2CCC(c4cc(F)cc(F)c4)N2C3=O)cn1. The summed E-state index contributed by atoms with van der Waals surface area (Å²) < 4.78 is 33.7. The minimum atomic E-state index is -0.995. The van der Waals surface area contributed by atoms with E-state index in [0.717, 1.165) is 11.8 Å². The summed E-state index contributed by atoms with van der Waals surface area (Å²) in [7, 11) is 0. The average molecular weight is 428 g/mol. The second kappa shape index (κ2) is 7.33. The van der Waals surface area contributed by atoms with Gasteiger partial charge in [-0.15, -0.1) is 0 Å². The molecule has 3 saturated heterocycles. The predicted octanol–water partition coefficient (Wildman–Crippen LogP) is 2.76. The molecule has 2 aromatic rings. The molecule has 4 heterocycles. The zero-order valence-corrected chi connectivity index (χ0v) is 17.1. The van der Waals surface area contributed by atoms with Crippen LogP contribution in [-0.2, 0) is 9.53 Å². The number of amides is 2. The highest BCUT2D eigenvalue weighted by atomic mass is 19.1. The number of aromatic nitrogens is 2. The third kappa shape index (κ3) is 3.37. The molecule has 0 N–H and O–H groups in total. The van der Waals surface area contributed by atoms with E-state index in [4.69, 9.17) is 4.74 Å². The lowest BCUT2D eigenvalue weighted by Crippen LogP contribution is -2.51. The molecule has 1 aromatic carbocycles. The van der Waals surface area contributed by atoms with Crippen LogP contribution in [-0.4, -0.2) is 56.5 Å². The van der Waals surface area contributed by atoms with Crippen LogP contribution in [0, 0.1) is 18.6 Å². The molecule has 2 unspecified atom stereocenters. The Morgan fingerprint density at radius 3 is 2.45 bits per heavy atom. The molecule has 9 heteroatoms. The number of fused-ring (bicyclic) bond motifs is 1. The number of hydrogen-bond acceptors (Lipinski definition) is 5. The van der Waals surface area contributed by atoms with Crippen LogP contribution in [0.25, 0.3) is 0 Å². The maximum atomic E-state index is 13.7. The molecule has 7 nitrogen and oxygen atoms in total. The topological polar surface area (TPSA) is 75.6 Å². The van der Waals surface area contributed by atoms with Gasteiger partial charge >= 0.3 is 0 Å². The van der Waals surface area contributed by atoms with Crippen molar-refractivity contribution in [3.05, 3.63) is 59.2 Å². The quantitative estimate of drug-likeness (QED) is 0.735. The van der Waals surface area contributed by atoms with Crippen LogP contribution in [0.3, 0.4) is 0 Å². The normalized spacial score (nSPS) is 24.7. The molecule has 31 heavy (non-hydrogen) atoms. The van der Waals surface area contributed by atoms with Crippen molar-refractivity contribution in [2.45, 2.75) is 50.5 Å². The molecule has 1 aromatic heterocycles. The first kappa shape index (κ1) is 20.0. The highest BCUT2D eigenvalue weighted by Gasteiger charge is 2.58. The van der Waals surface area contributed by atoms with E-state index in [9.17, 15) is 18.4 Å². The van der Waals surface area contributed by atoms with Gasteiger partial charge in [-0.05, 0) is 37.5 Å². The highest BCUT2D eigenvalue weighted by molar-refractivity contribution is 5.93. The first-order chi connectivity index (χ1) is 14.9. The molecule has 0 saturated carbocycles. The van der Waals surface area contributed by atoms with E-state index < -0.39 is 29.5 Å². The Labute approximate surface area is 178 Å². The molecule has 1 spiro atoms. The molecule has 0 aliphatic carbocycles. The van der Waals surface area contributed by atoms with Crippen LogP contribution >= 0.6 is 0 Å². The van der Waals surface area contributed by atoms with E-state index in [1.165, 1.54) is 18.3 Å². The zero-order valence-electron chi connectivity index (χ0n) is 17.1. The summed E-state index contributed by atoms with van der Waals surface area (Å²) in [4.78, 5) is 37.6. The van der Waals surface area contributed by atoms with E-state index in [2.05, 4.69) is 9.97 Å². The van der Waals surface area contributed by atoms with Crippen molar-refractivity contribution in [1.29, 1.82) is 0 Å². The summed E-state index contributed by atoms with van der Waals surface area (Å²) in [5.74, 6) is -1.70. The Balaban J connectivity index is 1.31. The molecule has 2 amide bonds. The maximum absolute atomic E-state index is 13.7. The Hall–Kier alpha value is -2.94. The van der Waals surface area contributed by atoms with Gasteiger partial charge in [-0.25, -0.2) is 13.8 Å². The van der Waals surface area contributed by atoms with Crippen LogP contribution in [0.1, 0.15) is 53.5 Å². The number of halogens is 2. The number of benzene rings is 1. The first-order valence-corrected chi connectivity index (χ1v) is 10.4. The number of rotatable bonds is 2. The Kier molecular flexibility index (Phi) is 4.73. The van der Waals surface area contributed by atoms with Crippen LogP contribution in [0.4, 0.5) is 8.78 Å². The second-order valence-electron chi connectivity index (χ2n) is 8.41. The number of hydrogen-bond donors (Lipinski definition) is 0. The number of piperidine rings is 1. The summed E-state index contributed by atoms with van der Waals surface area (Å²) in [5, 5.41) is 0. The maximum Gasteiger partial charge on any atom is 0.274 e. The van der Waals surface area contributed by atoms with Crippen molar-refractivity contribution >= 4 is 11.8 Å². The van der Waals surface area contributed by atoms with E-state index >= 15 is 0 Å². The average Bonchev–Trinajstić information content (AvgIpc) is 3.26. The molecular formula is C22H22F2N4O3. The van der Waals surface area contributed by atoms with Crippen LogP contribution in [0.2, 0.25) is 0 Å². The first-order valence-electron chi connectivity index (χ1n) is 10.4. The molecule has 5 rings (SSSR count). The van der Waals surface area contributed by atoms with E-state index in [-0.39, 0.29) is 17.5 Å². The fourth-order valence-electron chi connectivity index (χ4n) is 4.88. The Morgan fingerprint density at radius 1 is 1.10 bits per heavy atom. The van der Waals surface area contributed by atoms with Gasteiger partial charge in [0.05, 0.1) is 17.9 Å². The number of carbonyl (C=O) groups is 2. The van der Waals surface area contributed by atoms with Crippen molar-refractivity contribution in [1.82, 2.24) is 19.8 Å². The third-order valence-electron chi connectivity index (χ3n) is 6.45. The van der Waals surface area contributed by atoms with Crippen LogP contribution in [0.5, 0.6) is 0 Å². The van der Waals surface area contributed by atoms with Crippen molar-refractivity contribution in [2.75, 3.05) is 13.1 Å². The minimum Gasteiger partial charge on any atom is -0.342 e. The molecule has 3 aliphatic heterocycles. The molecule has 3 fully saturated rings. The summed E-state index contributed by atoms with van der Waals surface area (Å²) in [6.45, 7) is 2.52. The number of nitrogens with zero attached hydrogens (tertiary/aromatic N) is 4. The standard InChI is InChI=1S/C22H22F2N4O3/c1-13-11-26-17(12-25-13)20(29)27-6-4-22(5-7-27)21(30)28-18(2-3-19(28)31-22)14-8-15(23)10-16(24)9-14/h8-12,18-19H,2-7H2,1H3. The number of ether oxygens (including phenoxy) is 1. The van der Waals surface area contributed by atoms with Gasteiger partial charge in [-0.3, -0.25) is 14.6 Å². The summed E-state index contributed by atoms with van der Waals surface area (Å²) >= 11 is 0. The van der Waals surface area contributed by atoms with E-state index in [1.807, 2.05) is 0 Å². The fourth-order valence-corrected chi connectivity index (χ4v) is 4.88. The van der Waals surface area contributed by atoms with Gasteiger partial charge in [0.25, 0.3) is 11.8 Å². The lowest BCUT2D eigenvalue weighted by atomic mass is 9.89. The van der Waals surface area contributed by atoms with Crippen molar-refractivity contribution < 1.29 is 23.1 Å². The third-order valence-corrected chi connectivity index (χ3v) is 6.45. The fraction of sp³-hybridized carbons (Fsp3) is 0.455. The lowest BCUT2D eigenvalue weighted by Gasteiger charge is -2.37. The smallest absolute Gasteiger partial charge is 0.274 e. The number of aryl methyl sites for hydroxylation is 1. The van der Waals surface area contributed by atoms with Crippen molar-refractivity contribution in [2.24, 2.45) is 0 Å². The van der Waals surface area contributed by atoms with Gasteiger partial charge < -0.3 is 14.5 Å². The van der Waals surface area contributed by atoms with Crippen LogP contribution < -0.4 is 0 Å². The van der Waals surface area contributed by atoms with E-state index in [0.29, 0.717) is 44.3 Å². The largest absolute Gasteiger partial charge is 0.342 e. The van der Waals surface area contributed by atoms with E-state index in [1.54, 1.807) is 22.9 Å². The zero-order chi connectivity index (χ0) is 21.8. The lowest BCUT2D eigenvalue weighted by molar-refractivity contribution is -0.142. The van der Waals surface area contributed by atoms with Gasteiger partial charge in [0.1, 0.15) is 23.6 Å². The molecule has 2 atom stereocenters. The van der Waals surface area contributed by atoms with Gasteiger partial charge in [0, 0.05) is 38.2 Å². The molecule has 162 valence electrons. The molecule has 0 radical (unpaired) electrons. The summed E-state index contributed by atoms with van der Waals surface area (Å²) in [6.07, 6.45) is 4.53. The highest BCUT2D eigenvalue weighted by Crippen LogP contribution is 2.47. The van der Waals surface area contributed by atoms with Crippen molar-refractivity contribution in [3.8, 4) is 0 Å². The Bertz CT molecular complexity index is 1020. The Morgan fingerprint density at radius 2 is 1.81 bits per heavy atom. The summed E-state index contributed by atoms with van der Waals surface area (Å²) in [5.41, 5.74) is 0.450. The monoisotopic (exact) mass is 428 g/mol. The summed E-state index contributed by atoms with van der Waals surface area (Å²) in [6, 6.07) is 2.96. The number of carbonyl (C=O) groups excluding carboxylic acids is 2.